The number of amides is 1. The number of hydrogen-bond donors (Lipinski definition) is 1. The minimum absolute atomic E-state index is 0.0249. The standard InChI is InChI=1S/C25H29F3N6O/c1-3-19-22(33-10-8-15(2)12-20(33)30-19)24(35)29-14-16-4-6-17(7-5-16)23-31-21-13-18(25(26,27)28)9-11-34(21)32-23/h4-7,15,18H,3,8-14H2,1-2H3,(H,29,35)/t15-,18-/m0/s1. The molecule has 0 saturated heterocycles. The molecule has 0 spiro atoms. The number of nitrogens with zero attached hydrogens (tertiary/aromatic N) is 5. The van der Waals surface area contributed by atoms with Crippen molar-refractivity contribution in [2.75, 3.05) is 0 Å². The summed E-state index contributed by atoms with van der Waals surface area (Å²) in [6, 6.07) is 7.43. The van der Waals surface area contributed by atoms with Crippen LogP contribution in [0.1, 0.15) is 60.1 Å². The molecule has 2 aromatic heterocycles. The lowest BCUT2D eigenvalue weighted by atomic mass is 9.98. The van der Waals surface area contributed by atoms with Gasteiger partial charge in [0.25, 0.3) is 5.91 Å². The second-order valence-electron chi connectivity index (χ2n) is 9.61. The third kappa shape index (κ3) is 4.70. The number of halogens is 3. The molecule has 3 aromatic rings. The fourth-order valence-corrected chi connectivity index (χ4v) is 4.96. The van der Waals surface area contributed by atoms with Crippen LogP contribution in [0.2, 0.25) is 0 Å². The van der Waals surface area contributed by atoms with Gasteiger partial charge in [0.1, 0.15) is 17.3 Å². The Morgan fingerprint density at radius 1 is 1.09 bits per heavy atom. The third-order valence-electron chi connectivity index (χ3n) is 7.04. The Bertz CT molecular complexity index is 1230. The molecule has 0 unspecified atom stereocenters. The molecule has 5 rings (SSSR count). The van der Waals surface area contributed by atoms with Gasteiger partial charge < -0.3 is 9.88 Å². The summed E-state index contributed by atoms with van der Waals surface area (Å²) in [4.78, 5) is 22.1. The van der Waals surface area contributed by atoms with Crippen molar-refractivity contribution in [3.05, 3.63) is 52.9 Å². The molecule has 1 aromatic carbocycles. The number of benzene rings is 1. The lowest BCUT2D eigenvalue weighted by Crippen LogP contribution is -2.31. The molecular weight excluding hydrogens is 457 g/mol. The van der Waals surface area contributed by atoms with Gasteiger partial charge in [0.2, 0.25) is 0 Å². The molecule has 1 N–H and O–H groups in total. The summed E-state index contributed by atoms with van der Waals surface area (Å²) in [6.07, 6.45) is -1.69. The Morgan fingerprint density at radius 2 is 1.86 bits per heavy atom. The van der Waals surface area contributed by atoms with E-state index in [1.807, 2.05) is 31.2 Å². The van der Waals surface area contributed by atoms with Crippen LogP contribution in [-0.4, -0.2) is 36.4 Å². The molecule has 2 atom stereocenters. The second-order valence-corrected chi connectivity index (χ2v) is 9.61. The van der Waals surface area contributed by atoms with E-state index in [4.69, 9.17) is 4.98 Å². The van der Waals surface area contributed by atoms with Crippen molar-refractivity contribution < 1.29 is 18.0 Å². The number of carbonyl (C=O) groups is 1. The lowest BCUT2D eigenvalue weighted by molar-refractivity contribution is -0.179. The van der Waals surface area contributed by atoms with E-state index in [0.717, 1.165) is 42.0 Å². The molecule has 2 aliphatic rings. The molecule has 4 heterocycles. The zero-order valence-electron chi connectivity index (χ0n) is 19.9. The number of hydrogen-bond acceptors (Lipinski definition) is 4. The van der Waals surface area contributed by atoms with E-state index in [9.17, 15) is 18.0 Å². The van der Waals surface area contributed by atoms with Gasteiger partial charge in [0.05, 0.1) is 11.6 Å². The van der Waals surface area contributed by atoms with Gasteiger partial charge in [0.15, 0.2) is 5.82 Å². The van der Waals surface area contributed by atoms with E-state index < -0.39 is 12.1 Å². The van der Waals surface area contributed by atoms with Crippen molar-refractivity contribution in [1.82, 2.24) is 29.6 Å². The number of alkyl halides is 3. The Labute approximate surface area is 201 Å². The van der Waals surface area contributed by atoms with Gasteiger partial charge in [-0.3, -0.25) is 4.79 Å². The molecule has 0 fully saturated rings. The van der Waals surface area contributed by atoms with E-state index in [-0.39, 0.29) is 25.3 Å². The summed E-state index contributed by atoms with van der Waals surface area (Å²) >= 11 is 0. The predicted molar refractivity (Wildman–Crippen MR) is 124 cm³/mol. The molecule has 186 valence electrons. The Balaban J connectivity index is 1.25. The van der Waals surface area contributed by atoms with E-state index in [1.54, 1.807) is 4.68 Å². The van der Waals surface area contributed by atoms with Crippen molar-refractivity contribution >= 4 is 5.91 Å². The third-order valence-corrected chi connectivity index (χ3v) is 7.04. The molecule has 0 radical (unpaired) electrons. The largest absolute Gasteiger partial charge is 0.392 e. The van der Waals surface area contributed by atoms with Crippen LogP contribution in [0.5, 0.6) is 0 Å². The summed E-state index contributed by atoms with van der Waals surface area (Å²) < 4.78 is 42.9. The SMILES string of the molecule is CCc1nc2n(c1C(=O)NCc1ccc(-c3nc4n(n3)CC[C@H](C(F)(F)F)C4)cc1)CC[C@H](C)C2. The first-order valence-corrected chi connectivity index (χ1v) is 12.2. The number of fused-ring (bicyclic) bond motifs is 2. The molecule has 2 aliphatic heterocycles. The number of carbonyl (C=O) groups excluding carboxylic acids is 1. The summed E-state index contributed by atoms with van der Waals surface area (Å²) in [6.45, 7) is 5.61. The zero-order chi connectivity index (χ0) is 24.7. The molecule has 10 heteroatoms. The highest BCUT2D eigenvalue weighted by molar-refractivity contribution is 5.94. The van der Waals surface area contributed by atoms with E-state index in [2.05, 4.69) is 26.9 Å². The van der Waals surface area contributed by atoms with Gasteiger partial charge in [-0.1, -0.05) is 38.1 Å². The average Bonchev–Trinajstić information content (AvgIpc) is 3.42. The van der Waals surface area contributed by atoms with Gasteiger partial charge in [0, 0.05) is 38.0 Å². The van der Waals surface area contributed by atoms with Crippen molar-refractivity contribution in [2.45, 2.75) is 71.8 Å². The summed E-state index contributed by atoms with van der Waals surface area (Å²) in [5.41, 5.74) is 3.14. The number of nitrogens with one attached hydrogen (secondary N) is 1. The first-order valence-electron chi connectivity index (χ1n) is 12.2. The quantitative estimate of drug-likeness (QED) is 0.582. The van der Waals surface area contributed by atoms with Crippen LogP contribution in [0.3, 0.4) is 0 Å². The van der Waals surface area contributed by atoms with E-state index in [0.29, 0.717) is 36.2 Å². The van der Waals surface area contributed by atoms with Crippen LogP contribution in [0.25, 0.3) is 11.4 Å². The van der Waals surface area contributed by atoms with Gasteiger partial charge in [-0.2, -0.15) is 18.3 Å². The van der Waals surface area contributed by atoms with Gasteiger partial charge >= 0.3 is 6.18 Å². The van der Waals surface area contributed by atoms with Crippen molar-refractivity contribution in [1.29, 1.82) is 0 Å². The summed E-state index contributed by atoms with van der Waals surface area (Å²) in [5, 5.41) is 7.41. The fourth-order valence-electron chi connectivity index (χ4n) is 4.96. The smallest absolute Gasteiger partial charge is 0.347 e. The van der Waals surface area contributed by atoms with Gasteiger partial charge in [-0.05, 0) is 30.7 Å². The second kappa shape index (κ2) is 9.13. The Morgan fingerprint density at radius 3 is 2.57 bits per heavy atom. The predicted octanol–water partition coefficient (Wildman–Crippen LogP) is 4.34. The molecule has 0 aliphatic carbocycles. The Kier molecular flexibility index (Phi) is 6.14. The van der Waals surface area contributed by atoms with Crippen LogP contribution >= 0.6 is 0 Å². The zero-order valence-corrected chi connectivity index (χ0v) is 19.9. The number of rotatable bonds is 5. The van der Waals surface area contributed by atoms with Gasteiger partial charge in [-0.15, -0.1) is 0 Å². The topological polar surface area (TPSA) is 77.6 Å². The van der Waals surface area contributed by atoms with Crippen LogP contribution < -0.4 is 5.32 Å². The molecule has 35 heavy (non-hydrogen) atoms. The van der Waals surface area contributed by atoms with Gasteiger partial charge in [-0.25, -0.2) is 14.6 Å². The molecule has 0 bridgehead atoms. The fraction of sp³-hybridized carbons (Fsp3) is 0.520. The van der Waals surface area contributed by atoms with Crippen molar-refractivity contribution in [2.24, 2.45) is 11.8 Å². The maximum Gasteiger partial charge on any atom is 0.392 e. The number of aryl methyl sites for hydroxylation is 2. The Hall–Kier alpha value is -3.17. The minimum Gasteiger partial charge on any atom is -0.347 e. The van der Waals surface area contributed by atoms with E-state index in [1.165, 1.54) is 0 Å². The van der Waals surface area contributed by atoms with E-state index >= 15 is 0 Å². The minimum atomic E-state index is -4.21. The number of imidazole rings is 1. The highest BCUT2D eigenvalue weighted by Gasteiger charge is 2.42. The van der Waals surface area contributed by atoms with Crippen molar-refractivity contribution in [3.63, 3.8) is 0 Å². The molecule has 7 nitrogen and oxygen atoms in total. The maximum atomic E-state index is 13.1. The first-order chi connectivity index (χ1) is 16.7. The average molecular weight is 487 g/mol. The normalized spacial score (nSPS) is 19.8. The highest BCUT2D eigenvalue weighted by atomic mass is 19.4. The van der Waals surface area contributed by atoms with Crippen LogP contribution in [0.15, 0.2) is 24.3 Å². The van der Waals surface area contributed by atoms with Crippen LogP contribution in [0.4, 0.5) is 13.2 Å². The van der Waals surface area contributed by atoms with Crippen molar-refractivity contribution in [3.8, 4) is 11.4 Å². The van der Waals surface area contributed by atoms with Crippen LogP contribution in [0, 0.1) is 11.8 Å². The lowest BCUT2D eigenvalue weighted by Gasteiger charge is -2.24. The maximum absolute atomic E-state index is 13.1. The summed E-state index contributed by atoms with van der Waals surface area (Å²) in [7, 11) is 0. The highest BCUT2D eigenvalue weighted by Crippen LogP contribution is 2.35. The monoisotopic (exact) mass is 486 g/mol. The molecule has 0 saturated carbocycles. The number of aromatic nitrogens is 5. The first kappa shape index (κ1) is 23.6. The van der Waals surface area contributed by atoms with Crippen LogP contribution in [-0.2, 0) is 38.9 Å². The molecular formula is C25H29F3N6O. The molecule has 1 amide bonds. The summed E-state index contributed by atoms with van der Waals surface area (Å²) in [5.74, 6) is 0.872.